The number of aliphatic hydroxyl groups excluding tert-OH is 1. The van der Waals surface area contributed by atoms with Gasteiger partial charge in [0.2, 0.25) is 0 Å². The number of aliphatic hydroxyl groups is 2. The normalized spacial score (nSPS) is 23.0. The molecule has 0 bridgehead atoms. The Morgan fingerprint density at radius 3 is 2.24 bits per heavy atom. The van der Waals surface area contributed by atoms with Crippen LogP contribution in [0.15, 0.2) is 0 Å². The summed E-state index contributed by atoms with van der Waals surface area (Å²) in [7, 11) is -3.54. The van der Waals surface area contributed by atoms with E-state index in [9.17, 15) is 13.5 Å². The lowest BCUT2D eigenvalue weighted by molar-refractivity contribution is 0.00654. The molecule has 17 heavy (non-hydrogen) atoms. The molecule has 0 spiro atoms. The topological polar surface area (TPSA) is 89.9 Å². The van der Waals surface area contributed by atoms with E-state index in [1.807, 2.05) is 0 Å². The van der Waals surface area contributed by atoms with Gasteiger partial charge in [-0.1, -0.05) is 12.8 Å². The van der Waals surface area contributed by atoms with Gasteiger partial charge >= 0.3 is 0 Å². The Hall–Kier alpha value is -0.210. The van der Waals surface area contributed by atoms with E-state index in [0.29, 0.717) is 13.1 Å². The third kappa shape index (κ3) is 4.89. The molecule has 1 saturated heterocycles. The minimum atomic E-state index is -3.54. The molecule has 6 nitrogen and oxygen atoms in total. The van der Waals surface area contributed by atoms with E-state index in [-0.39, 0.29) is 6.54 Å². The molecule has 1 atom stereocenters. The van der Waals surface area contributed by atoms with Crippen molar-refractivity contribution >= 4 is 10.2 Å². The SMILES string of the molecule is CC(O)(CO)CNS(=O)(=O)N1CCCCCC1. The standard InChI is InChI=1S/C10H22N2O4S/c1-10(14,9-13)8-11-17(15,16)12-6-4-2-3-5-7-12/h11,13-14H,2-9H2,1H3. The third-order valence-corrected chi connectivity index (χ3v) is 4.44. The van der Waals surface area contributed by atoms with E-state index in [1.165, 1.54) is 11.2 Å². The number of hydrogen-bond acceptors (Lipinski definition) is 4. The van der Waals surface area contributed by atoms with Gasteiger partial charge in [0.05, 0.1) is 12.2 Å². The van der Waals surface area contributed by atoms with Crippen molar-refractivity contribution < 1.29 is 18.6 Å². The molecule has 7 heteroatoms. The Morgan fingerprint density at radius 2 is 1.76 bits per heavy atom. The molecule has 1 rings (SSSR count). The highest BCUT2D eigenvalue weighted by molar-refractivity contribution is 7.87. The average molecular weight is 266 g/mol. The maximum Gasteiger partial charge on any atom is 0.279 e. The minimum absolute atomic E-state index is 0.178. The molecule has 0 saturated carbocycles. The highest BCUT2D eigenvalue weighted by Gasteiger charge is 2.26. The number of rotatable bonds is 5. The van der Waals surface area contributed by atoms with Crippen LogP contribution in [0.1, 0.15) is 32.6 Å². The van der Waals surface area contributed by atoms with Gasteiger partial charge in [-0.25, -0.2) is 0 Å². The summed E-state index contributed by atoms with van der Waals surface area (Å²) >= 11 is 0. The first kappa shape index (κ1) is 14.8. The highest BCUT2D eigenvalue weighted by Crippen LogP contribution is 2.12. The van der Waals surface area contributed by atoms with Crippen molar-refractivity contribution in [3.63, 3.8) is 0 Å². The van der Waals surface area contributed by atoms with Gasteiger partial charge in [0, 0.05) is 19.6 Å². The molecular formula is C10H22N2O4S. The summed E-state index contributed by atoms with van der Waals surface area (Å²) in [4.78, 5) is 0. The summed E-state index contributed by atoms with van der Waals surface area (Å²) in [5.74, 6) is 0. The maximum atomic E-state index is 11.9. The average Bonchev–Trinajstić information content (AvgIpc) is 2.56. The van der Waals surface area contributed by atoms with Crippen LogP contribution in [0, 0.1) is 0 Å². The van der Waals surface area contributed by atoms with E-state index in [4.69, 9.17) is 5.11 Å². The van der Waals surface area contributed by atoms with Gasteiger partial charge in [-0.2, -0.15) is 17.4 Å². The van der Waals surface area contributed by atoms with Crippen LogP contribution >= 0.6 is 0 Å². The number of nitrogens with zero attached hydrogens (tertiary/aromatic N) is 1. The minimum Gasteiger partial charge on any atom is -0.393 e. The molecule has 3 N–H and O–H groups in total. The zero-order valence-electron chi connectivity index (χ0n) is 10.2. The molecule has 0 aromatic carbocycles. The van der Waals surface area contributed by atoms with Crippen LogP contribution in [-0.4, -0.2) is 54.8 Å². The number of hydrogen-bond donors (Lipinski definition) is 3. The van der Waals surface area contributed by atoms with Gasteiger partial charge in [-0.05, 0) is 19.8 Å². The summed E-state index contributed by atoms with van der Waals surface area (Å²) in [6, 6.07) is 0. The Morgan fingerprint density at radius 1 is 1.24 bits per heavy atom. The molecule has 1 heterocycles. The molecule has 102 valence electrons. The summed E-state index contributed by atoms with van der Waals surface area (Å²) in [5, 5.41) is 18.4. The predicted octanol–water partition coefficient (Wildman–Crippen LogP) is -0.560. The van der Waals surface area contributed by atoms with Gasteiger partial charge in [0.1, 0.15) is 0 Å². The van der Waals surface area contributed by atoms with Crippen LogP contribution in [0.25, 0.3) is 0 Å². The summed E-state index contributed by atoms with van der Waals surface area (Å²) in [6.45, 7) is 1.78. The van der Waals surface area contributed by atoms with E-state index < -0.39 is 22.4 Å². The fraction of sp³-hybridized carbons (Fsp3) is 1.00. The second-order valence-electron chi connectivity index (χ2n) is 4.79. The van der Waals surface area contributed by atoms with Crippen molar-refractivity contribution in [1.29, 1.82) is 0 Å². The largest absolute Gasteiger partial charge is 0.393 e. The second-order valence-corrected chi connectivity index (χ2v) is 6.55. The van der Waals surface area contributed by atoms with Crippen molar-refractivity contribution in [2.75, 3.05) is 26.2 Å². The fourth-order valence-corrected chi connectivity index (χ4v) is 3.09. The Kier molecular flexibility index (Phi) is 5.33. The molecule has 1 aliphatic rings. The molecular weight excluding hydrogens is 244 g/mol. The molecule has 1 fully saturated rings. The van der Waals surface area contributed by atoms with Crippen molar-refractivity contribution in [1.82, 2.24) is 9.03 Å². The van der Waals surface area contributed by atoms with Gasteiger partial charge < -0.3 is 10.2 Å². The summed E-state index contributed by atoms with van der Waals surface area (Å²) < 4.78 is 27.6. The zero-order chi connectivity index (χ0) is 12.9. The van der Waals surface area contributed by atoms with Crippen molar-refractivity contribution in [2.45, 2.75) is 38.2 Å². The monoisotopic (exact) mass is 266 g/mol. The molecule has 0 aliphatic carbocycles. The zero-order valence-corrected chi connectivity index (χ0v) is 11.0. The van der Waals surface area contributed by atoms with Gasteiger partial charge in [-0.15, -0.1) is 0 Å². The van der Waals surface area contributed by atoms with E-state index in [1.54, 1.807) is 0 Å². The van der Waals surface area contributed by atoms with Crippen molar-refractivity contribution in [3.05, 3.63) is 0 Å². The fourth-order valence-electron chi connectivity index (χ4n) is 1.68. The van der Waals surface area contributed by atoms with Gasteiger partial charge in [-0.3, -0.25) is 0 Å². The second kappa shape index (κ2) is 6.10. The van der Waals surface area contributed by atoms with Gasteiger partial charge in [0.25, 0.3) is 10.2 Å². The molecule has 0 radical (unpaired) electrons. The summed E-state index contributed by atoms with van der Waals surface area (Å²) in [6.07, 6.45) is 3.86. The van der Waals surface area contributed by atoms with E-state index in [2.05, 4.69) is 4.72 Å². The van der Waals surface area contributed by atoms with E-state index in [0.717, 1.165) is 25.7 Å². The quantitative estimate of drug-likeness (QED) is 0.622. The number of nitrogens with one attached hydrogen (secondary N) is 1. The maximum absolute atomic E-state index is 11.9. The third-order valence-electron chi connectivity index (χ3n) is 2.88. The van der Waals surface area contributed by atoms with Crippen LogP contribution in [0.2, 0.25) is 0 Å². The molecule has 0 aromatic rings. The van der Waals surface area contributed by atoms with Gasteiger partial charge in [0.15, 0.2) is 0 Å². The Bertz CT molecular complexity index is 321. The first-order chi connectivity index (χ1) is 7.87. The lowest BCUT2D eigenvalue weighted by Gasteiger charge is -2.24. The van der Waals surface area contributed by atoms with Crippen LogP contribution in [-0.2, 0) is 10.2 Å². The van der Waals surface area contributed by atoms with Crippen molar-refractivity contribution in [2.24, 2.45) is 0 Å². The lowest BCUT2D eigenvalue weighted by Crippen LogP contribution is -2.48. The Labute approximate surface area is 103 Å². The predicted molar refractivity (Wildman–Crippen MR) is 64.7 cm³/mol. The first-order valence-corrected chi connectivity index (χ1v) is 7.39. The summed E-state index contributed by atoms with van der Waals surface area (Å²) in [5.41, 5.74) is -1.42. The van der Waals surface area contributed by atoms with E-state index >= 15 is 0 Å². The molecule has 0 amide bonds. The molecule has 0 aromatic heterocycles. The lowest BCUT2D eigenvalue weighted by atomic mass is 10.1. The van der Waals surface area contributed by atoms with Crippen LogP contribution in [0.5, 0.6) is 0 Å². The smallest absolute Gasteiger partial charge is 0.279 e. The highest BCUT2D eigenvalue weighted by atomic mass is 32.2. The molecule has 1 aliphatic heterocycles. The Balaban J connectivity index is 2.55. The molecule has 1 unspecified atom stereocenters. The van der Waals surface area contributed by atoms with Crippen LogP contribution in [0.3, 0.4) is 0 Å². The van der Waals surface area contributed by atoms with Crippen LogP contribution < -0.4 is 4.72 Å². The van der Waals surface area contributed by atoms with Crippen molar-refractivity contribution in [3.8, 4) is 0 Å². The first-order valence-electron chi connectivity index (χ1n) is 5.95. The van der Waals surface area contributed by atoms with Crippen LogP contribution in [0.4, 0.5) is 0 Å².